The van der Waals surface area contributed by atoms with Crippen LogP contribution in [0.5, 0.6) is 17.2 Å². The number of aryl methyl sites for hydroxylation is 1. The summed E-state index contributed by atoms with van der Waals surface area (Å²) in [4.78, 5) is 28.0. The van der Waals surface area contributed by atoms with Crippen molar-refractivity contribution in [3.05, 3.63) is 59.4 Å². The lowest BCUT2D eigenvalue weighted by Gasteiger charge is -2.27. The van der Waals surface area contributed by atoms with E-state index in [0.29, 0.717) is 48.0 Å². The van der Waals surface area contributed by atoms with Crippen LogP contribution in [0.15, 0.2) is 42.5 Å². The Bertz CT molecular complexity index is 1170. The van der Waals surface area contributed by atoms with Gasteiger partial charge in [0, 0.05) is 13.1 Å². The molecule has 1 aliphatic rings. The molecule has 1 fully saturated rings. The smallest absolute Gasteiger partial charge is 0.294 e. The molecule has 2 amide bonds. The molecule has 0 radical (unpaired) electrons. The average Bonchev–Trinajstić information content (AvgIpc) is 3.50. The zero-order chi connectivity index (χ0) is 24.2. The lowest BCUT2D eigenvalue weighted by Crippen LogP contribution is -2.45. The molecule has 34 heavy (non-hydrogen) atoms. The Labute approximate surface area is 197 Å². The molecule has 0 spiro atoms. The number of hydrogen-bond acceptors (Lipinski definition) is 7. The number of hydrazine groups is 1. The van der Waals surface area contributed by atoms with Gasteiger partial charge in [-0.25, -0.2) is 5.01 Å². The number of amides is 2. The molecule has 0 saturated carbocycles. The predicted octanol–water partition coefficient (Wildman–Crippen LogP) is 2.43. The third kappa shape index (κ3) is 4.39. The highest BCUT2D eigenvalue weighted by atomic mass is 16.5. The first-order chi connectivity index (χ1) is 16.5. The maximum Gasteiger partial charge on any atom is 0.294 e. The molecule has 2 aromatic carbocycles. The summed E-state index contributed by atoms with van der Waals surface area (Å²) >= 11 is 0. The highest BCUT2D eigenvalue weighted by Crippen LogP contribution is 2.38. The van der Waals surface area contributed by atoms with Crippen molar-refractivity contribution >= 4 is 11.8 Å². The van der Waals surface area contributed by atoms with Crippen molar-refractivity contribution in [3.8, 4) is 22.9 Å². The third-order valence-corrected chi connectivity index (χ3v) is 5.61. The van der Waals surface area contributed by atoms with Crippen molar-refractivity contribution in [2.24, 2.45) is 0 Å². The van der Waals surface area contributed by atoms with Crippen LogP contribution in [0, 0.1) is 6.92 Å². The Kier molecular flexibility index (Phi) is 6.67. The Hall–Kier alpha value is -4.08. The van der Waals surface area contributed by atoms with E-state index in [1.807, 2.05) is 30.3 Å². The van der Waals surface area contributed by atoms with Crippen LogP contribution in [0.25, 0.3) is 5.69 Å². The first-order valence-corrected chi connectivity index (χ1v) is 10.9. The number of nitrogens with zero attached hydrogens (tertiary/aromatic N) is 5. The Morgan fingerprint density at radius 2 is 1.56 bits per heavy atom. The van der Waals surface area contributed by atoms with Gasteiger partial charge in [-0.15, -0.1) is 5.10 Å². The summed E-state index contributed by atoms with van der Waals surface area (Å²) in [6, 6.07) is 12.8. The molecule has 0 atom stereocenters. The van der Waals surface area contributed by atoms with E-state index in [9.17, 15) is 9.59 Å². The molecule has 4 rings (SSSR count). The van der Waals surface area contributed by atoms with Gasteiger partial charge in [-0.2, -0.15) is 9.90 Å². The maximum atomic E-state index is 13.3. The lowest BCUT2D eigenvalue weighted by molar-refractivity contribution is -0.139. The van der Waals surface area contributed by atoms with Crippen LogP contribution < -0.4 is 14.2 Å². The summed E-state index contributed by atoms with van der Waals surface area (Å²) in [7, 11) is 4.57. The first-order valence-electron chi connectivity index (χ1n) is 10.9. The summed E-state index contributed by atoms with van der Waals surface area (Å²) in [6.45, 7) is 2.61. The summed E-state index contributed by atoms with van der Waals surface area (Å²) in [5.41, 5.74) is 2.15. The van der Waals surface area contributed by atoms with E-state index in [0.717, 1.165) is 5.69 Å². The molecule has 10 heteroatoms. The lowest BCUT2D eigenvalue weighted by atomic mass is 10.1. The van der Waals surface area contributed by atoms with Gasteiger partial charge < -0.3 is 14.2 Å². The molecule has 10 nitrogen and oxygen atoms in total. The van der Waals surface area contributed by atoms with Gasteiger partial charge in [0.1, 0.15) is 0 Å². The van der Waals surface area contributed by atoms with Crippen LogP contribution >= 0.6 is 0 Å². The van der Waals surface area contributed by atoms with Gasteiger partial charge in [-0.3, -0.25) is 14.6 Å². The number of rotatable bonds is 7. The summed E-state index contributed by atoms with van der Waals surface area (Å²) < 4.78 is 16.1. The van der Waals surface area contributed by atoms with Crippen molar-refractivity contribution in [2.45, 2.75) is 19.8 Å². The second-order valence-electron chi connectivity index (χ2n) is 7.77. The molecule has 178 valence electrons. The minimum absolute atomic E-state index is 0.0657. The average molecular weight is 466 g/mol. The minimum atomic E-state index is -0.351. The molecular formula is C24H27N5O5. The van der Waals surface area contributed by atoms with Gasteiger partial charge in [-0.1, -0.05) is 18.2 Å². The first kappa shape index (κ1) is 23.1. The summed E-state index contributed by atoms with van der Waals surface area (Å²) in [5, 5.41) is 11.7. The molecule has 2 heterocycles. The number of methoxy groups -OCH3 is 3. The van der Waals surface area contributed by atoms with Crippen molar-refractivity contribution in [1.82, 2.24) is 25.0 Å². The van der Waals surface area contributed by atoms with E-state index in [1.165, 1.54) is 36.1 Å². The minimum Gasteiger partial charge on any atom is -0.493 e. The fraction of sp³-hybridized carbons (Fsp3) is 0.333. The predicted molar refractivity (Wildman–Crippen MR) is 123 cm³/mol. The van der Waals surface area contributed by atoms with Crippen LogP contribution in [-0.2, 0) is 11.2 Å². The van der Waals surface area contributed by atoms with Crippen LogP contribution in [0.2, 0.25) is 0 Å². The fourth-order valence-corrected chi connectivity index (χ4v) is 3.96. The Morgan fingerprint density at radius 1 is 0.912 bits per heavy atom. The molecule has 0 bridgehead atoms. The van der Waals surface area contributed by atoms with Crippen LogP contribution in [0.4, 0.5) is 0 Å². The SMILES string of the molecule is COc1cc(CC(=O)N2CCCN2C(=O)c2nn(-c3ccccc3)nc2C)cc(OC)c1OC. The highest BCUT2D eigenvalue weighted by Gasteiger charge is 2.34. The van der Waals surface area contributed by atoms with E-state index in [1.54, 1.807) is 19.1 Å². The zero-order valence-electron chi connectivity index (χ0n) is 19.6. The number of para-hydroxylation sites is 1. The van der Waals surface area contributed by atoms with E-state index < -0.39 is 0 Å². The molecule has 1 aromatic heterocycles. The van der Waals surface area contributed by atoms with E-state index in [2.05, 4.69) is 10.2 Å². The number of carbonyl (C=O) groups excluding carboxylic acids is 2. The van der Waals surface area contributed by atoms with Gasteiger partial charge >= 0.3 is 0 Å². The van der Waals surface area contributed by atoms with Crippen LogP contribution in [0.3, 0.4) is 0 Å². The number of benzene rings is 2. The van der Waals surface area contributed by atoms with Gasteiger partial charge in [-0.05, 0) is 43.2 Å². The van der Waals surface area contributed by atoms with Crippen LogP contribution in [0.1, 0.15) is 28.2 Å². The molecule has 0 N–H and O–H groups in total. The Balaban J connectivity index is 1.54. The Morgan fingerprint density at radius 3 is 2.18 bits per heavy atom. The van der Waals surface area contributed by atoms with Gasteiger partial charge in [0.25, 0.3) is 5.91 Å². The molecule has 0 aliphatic carbocycles. The monoisotopic (exact) mass is 465 g/mol. The van der Waals surface area contributed by atoms with E-state index in [-0.39, 0.29) is 23.9 Å². The van der Waals surface area contributed by atoms with Crippen molar-refractivity contribution < 1.29 is 23.8 Å². The summed E-state index contributed by atoms with van der Waals surface area (Å²) in [6.07, 6.45) is 0.745. The zero-order valence-corrected chi connectivity index (χ0v) is 19.6. The number of ether oxygens (including phenoxy) is 3. The maximum absolute atomic E-state index is 13.3. The third-order valence-electron chi connectivity index (χ3n) is 5.61. The standard InChI is InChI=1S/C24H27N5O5/c1-16-22(26-29(25-16)18-9-6-5-7-10-18)24(31)28-12-8-11-27(28)21(30)15-17-13-19(32-2)23(34-4)20(14-17)33-3/h5-7,9-10,13-14H,8,11-12,15H2,1-4H3. The molecule has 3 aromatic rings. The second-order valence-corrected chi connectivity index (χ2v) is 7.77. The van der Waals surface area contributed by atoms with Crippen molar-refractivity contribution in [1.29, 1.82) is 0 Å². The van der Waals surface area contributed by atoms with Crippen molar-refractivity contribution in [2.75, 3.05) is 34.4 Å². The number of aromatic nitrogens is 3. The fourth-order valence-electron chi connectivity index (χ4n) is 3.96. The molecular weight excluding hydrogens is 438 g/mol. The quantitative estimate of drug-likeness (QED) is 0.528. The molecule has 1 aliphatic heterocycles. The van der Waals surface area contributed by atoms with Crippen molar-refractivity contribution in [3.63, 3.8) is 0 Å². The topological polar surface area (TPSA) is 99.0 Å². The van der Waals surface area contributed by atoms with Gasteiger partial charge in [0.15, 0.2) is 17.2 Å². The van der Waals surface area contributed by atoms with Gasteiger partial charge in [0.05, 0.1) is 39.1 Å². The number of carbonyl (C=O) groups is 2. The number of hydrogen-bond donors (Lipinski definition) is 0. The van der Waals surface area contributed by atoms with Gasteiger partial charge in [0.2, 0.25) is 11.7 Å². The summed E-state index contributed by atoms with van der Waals surface area (Å²) in [5.74, 6) is 0.819. The normalized spacial score (nSPS) is 13.2. The van der Waals surface area contributed by atoms with Crippen LogP contribution in [-0.4, -0.2) is 71.2 Å². The van der Waals surface area contributed by atoms with E-state index >= 15 is 0 Å². The second kappa shape index (κ2) is 9.82. The molecule has 0 unspecified atom stereocenters. The largest absolute Gasteiger partial charge is 0.493 e. The highest BCUT2D eigenvalue weighted by molar-refractivity contribution is 5.95. The van der Waals surface area contributed by atoms with E-state index in [4.69, 9.17) is 14.2 Å². The molecule has 1 saturated heterocycles.